The number of aliphatic hydroxyl groups is 1. The van der Waals surface area contributed by atoms with E-state index in [2.05, 4.69) is 0 Å². The highest BCUT2D eigenvalue weighted by Crippen LogP contribution is 2.13. The molecule has 106 valence electrons. The molecule has 0 saturated heterocycles. The van der Waals surface area contributed by atoms with E-state index in [-0.39, 0.29) is 12.8 Å². The fourth-order valence-electron chi connectivity index (χ4n) is 1.13. The van der Waals surface area contributed by atoms with Crippen molar-refractivity contribution in [3.8, 4) is 0 Å². The quantitative estimate of drug-likeness (QED) is 0.780. The van der Waals surface area contributed by atoms with Crippen LogP contribution >= 0.6 is 0 Å². The molecule has 0 rings (SSSR count). The highest BCUT2D eigenvalue weighted by molar-refractivity contribution is 5.76. The van der Waals surface area contributed by atoms with Crippen molar-refractivity contribution in [1.29, 1.82) is 0 Å². The lowest BCUT2D eigenvalue weighted by Gasteiger charge is -2.22. The summed E-state index contributed by atoms with van der Waals surface area (Å²) in [4.78, 5) is 22.8. The Morgan fingerprint density at radius 2 is 1.44 bits per heavy atom. The van der Waals surface area contributed by atoms with Gasteiger partial charge in [0, 0.05) is 6.42 Å². The summed E-state index contributed by atoms with van der Waals surface area (Å²) in [6, 6.07) is 0. The normalized spacial score (nSPS) is 13.9. The van der Waals surface area contributed by atoms with Gasteiger partial charge in [0.1, 0.15) is 11.2 Å². The predicted octanol–water partition coefficient (Wildman–Crippen LogP) is 1.81. The number of hydrogen-bond acceptors (Lipinski definition) is 5. The van der Waals surface area contributed by atoms with Crippen LogP contribution in [0.25, 0.3) is 0 Å². The lowest BCUT2D eigenvalue weighted by Crippen LogP contribution is -2.32. The van der Waals surface area contributed by atoms with Gasteiger partial charge in [-0.1, -0.05) is 0 Å². The zero-order valence-electron chi connectivity index (χ0n) is 12.1. The van der Waals surface area contributed by atoms with Gasteiger partial charge in [0.2, 0.25) is 0 Å². The van der Waals surface area contributed by atoms with E-state index in [1.165, 1.54) is 0 Å². The van der Waals surface area contributed by atoms with Crippen molar-refractivity contribution in [3.63, 3.8) is 0 Å². The van der Waals surface area contributed by atoms with Gasteiger partial charge < -0.3 is 14.6 Å². The Hall–Kier alpha value is -1.10. The molecule has 0 unspecified atom stereocenters. The molecule has 0 fully saturated rings. The van der Waals surface area contributed by atoms with Crippen LogP contribution in [0.2, 0.25) is 0 Å². The summed E-state index contributed by atoms with van der Waals surface area (Å²) in [5.41, 5.74) is -1.21. The van der Waals surface area contributed by atoms with Gasteiger partial charge in [-0.25, -0.2) is 4.79 Å². The van der Waals surface area contributed by atoms with Crippen molar-refractivity contribution < 1.29 is 24.2 Å². The summed E-state index contributed by atoms with van der Waals surface area (Å²) >= 11 is 0. The van der Waals surface area contributed by atoms with Crippen molar-refractivity contribution in [3.05, 3.63) is 0 Å². The van der Waals surface area contributed by atoms with Gasteiger partial charge in [-0.05, 0) is 48.0 Å². The molecular formula is C13H24O5. The predicted molar refractivity (Wildman–Crippen MR) is 66.9 cm³/mol. The van der Waals surface area contributed by atoms with Gasteiger partial charge in [0.25, 0.3) is 0 Å². The molecule has 0 aliphatic carbocycles. The highest BCUT2D eigenvalue weighted by Gasteiger charge is 2.24. The first kappa shape index (κ1) is 16.9. The van der Waals surface area contributed by atoms with Crippen molar-refractivity contribution in [2.24, 2.45) is 0 Å². The van der Waals surface area contributed by atoms with Crippen LogP contribution < -0.4 is 0 Å². The van der Waals surface area contributed by atoms with Gasteiger partial charge in [0.15, 0.2) is 6.10 Å². The molecule has 0 heterocycles. The number of hydrogen-bond donors (Lipinski definition) is 1. The van der Waals surface area contributed by atoms with Gasteiger partial charge in [-0.15, -0.1) is 0 Å². The van der Waals surface area contributed by atoms with Crippen molar-refractivity contribution >= 4 is 11.9 Å². The van der Waals surface area contributed by atoms with Crippen LogP contribution in [0.5, 0.6) is 0 Å². The third kappa shape index (κ3) is 8.98. The maximum absolute atomic E-state index is 11.4. The Bertz CT molecular complexity index is 295. The third-order valence-electron chi connectivity index (χ3n) is 1.72. The Labute approximate surface area is 108 Å². The van der Waals surface area contributed by atoms with E-state index in [0.29, 0.717) is 0 Å². The standard InChI is InChI=1S/C13H24O5/c1-12(2,3)17-10(15)8-7-9(14)11(16)18-13(4,5)6/h9,14H,7-8H2,1-6H3/t9-/m1/s1. The van der Waals surface area contributed by atoms with E-state index in [0.717, 1.165) is 0 Å². The molecule has 0 spiro atoms. The van der Waals surface area contributed by atoms with E-state index < -0.39 is 29.2 Å². The van der Waals surface area contributed by atoms with Crippen LogP contribution in [0.1, 0.15) is 54.4 Å². The molecule has 1 N–H and O–H groups in total. The second-order valence-electron chi connectivity index (χ2n) is 6.17. The summed E-state index contributed by atoms with van der Waals surface area (Å²) in [5, 5.41) is 9.55. The maximum atomic E-state index is 11.4. The summed E-state index contributed by atoms with van der Waals surface area (Å²) < 4.78 is 10.1. The molecule has 5 heteroatoms. The van der Waals surface area contributed by atoms with Crippen molar-refractivity contribution in [2.45, 2.75) is 71.7 Å². The fourth-order valence-corrected chi connectivity index (χ4v) is 1.13. The minimum Gasteiger partial charge on any atom is -0.460 e. The molecule has 5 nitrogen and oxygen atoms in total. The highest BCUT2D eigenvalue weighted by atomic mass is 16.6. The third-order valence-corrected chi connectivity index (χ3v) is 1.72. The SMILES string of the molecule is CC(C)(C)OC(=O)CC[C@@H](O)C(=O)OC(C)(C)C. The largest absolute Gasteiger partial charge is 0.460 e. The van der Waals surface area contributed by atoms with Crippen LogP contribution in [-0.4, -0.2) is 34.4 Å². The van der Waals surface area contributed by atoms with Crippen LogP contribution in [0.15, 0.2) is 0 Å². The van der Waals surface area contributed by atoms with Crippen molar-refractivity contribution in [2.75, 3.05) is 0 Å². The van der Waals surface area contributed by atoms with Crippen LogP contribution in [0, 0.1) is 0 Å². The van der Waals surface area contributed by atoms with E-state index in [1.54, 1.807) is 41.5 Å². The number of carbonyl (C=O) groups is 2. The lowest BCUT2D eigenvalue weighted by molar-refractivity contribution is -0.166. The summed E-state index contributed by atoms with van der Waals surface area (Å²) in [6.45, 7) is 10.4. The van der Waals surface area contributed by atoms with Gasteiger partial charge in [0.05, 0.1) is 0 Å². The van der Waals surface area contributed by atoms with Gasteiger partial charge >= 0.3 is 11.9 Å². The first-order valence-electron chi connectivity index (χ1n) is 6.03. The molecule has 1 atom stereocenters. The molecule has 0 bridgehead atoms. The average molecular weight is 260 g/mol. The molecule has 0 aromatic carbocycles. The molecular weight excluding hydrogens is 236 g/mol. The summed E-state index contributed by atoms with van der Waals surface area (Å²) in [7, 11) is 0. The zero-order valence-corrected chi connectivity index (χ0v) is 12.1. The Balaban J connectivity index is 4.07. The Kier molecular flexibility index (Phi) is 5.80. The van der Waals surface area contributed by atoms with Crippen LogP contribution in [0.3, 0.4) is 0 Å². The Morgan fingerprint density at radius 3 is 1.83 bits per heavy atom. The molecule has 0 radical (unpaired) electrons. The zero-order chi connectivity index (χ0) is 14.6. The minimum absolute atomic E-state index is 0.00380. The van der Waals surface area contributed by atoms with Gasteiger partial charge in [-0.2, -0.15) is 0 Å². The second kappa shape index (κ2) is 6.18. The lowest BCUT2D eigenvalue weighted by atomic mass is 10.1. The average Bonchev–Trinajstić information content (AvgIpc) is 2.08. The molecule has 0 aromatic heterocycles. The Morgan fingerprint density at radius 1 is 1.00 bits per heavy atom. The summed E-state index contributed by atoms with van der Waals surface area (Å²) in [6.07, 6.45) is -1.31. The van der Waals surface area contributed by atoms with Crippen molar-refractivity contribution in [1.82, 2.24) is 0 Å². The number of aliphatic hydroxyl groups excluding tert-OH is 1. The number of ether oxygens (including phenoxy) is 2. The summed E-state index contributed by atoms with van der Waals surface area (Å²) in [5.74, 6) is -1.16. The molecule has 0 aliphatic rings. The second-order valence-corrected chi connectivity index (χ2v) is 6.17. The first-order chi connectivity index (χ1) is 7.91. The number of rotatable bonds is 4. The van der Waals surface area contributed by atoms with E-state index >= 15 is 0 Å². The monoisotopic (exact) mass is 260 g/mol. The fraction of sp³-hybridized carbons (Fsp3) is 0.846. The number of esters is 2. The maximum Gasteiger partial charge on any atom is 0.335 e. The van der Waals surface area contributed by atoms with E-state index in [9.17, 15) is 14.7 Å². The molecule has 0 saturated carbocycles. The first-order valence-corrected chi connectivity index (χ1v) is 6.03. The molecule has 0 aliphatic heterocycles. The molecule has 18 heavy (non-hydrogen) atoms. The molecule has 0 aromatic rings. The number of carbonyl (C=O) groups excluding carboxylic acids is 2. The molecule has 0 amide bonds. The topological polar surface area (TPSA) is 72.8 Å². The smallest absolute Gasteiger partial charge is 0.335 e. The van der Waals surface area contributed by atoms with E-state index in [1.807, 2.05) is 0 Å². The minimum atomic E-state index is -1.29. The van der Waals surface area contributed by atoms with Crippen LogP contribution in [-0.2, 0) is 19.1 Å². The van der Waals surface area contributed by atoms with Crippen LogP contribution in [0.4, 0.5) is 0 Å². The van der Waals surface area contributed by atoms with E-state index in [4.69, 9.17) is 9.47 Å². The van der Waals surface area contributed by atoms with Gasteiger partial charge in [-0.3, -0.25) is 4.79 Å².